The van der Waals surface area contributed by atoms with E-state index in [1.165, 1.54) is 16.9 Å². The lowest BCUT2D eigenvalue weighted by Crippen LogP contribution is -2.35. The number of aromatic nitrogens is 3. The van der Waals surface area contributed by atoms with Crippen molar-refractivity contribution in [2.45, 2.75) is 6.54 Å². The number of morpholine rings is 1. The van der Waals surface area contributed by atoms with Gasteiger partial charge in [-0.1, -0.05) is 24.3 Å². The Morgan fingerprint density at radius 2 is 2.00 bits per heavy atom. The van der Waals surface area contributed by atoms with Gasteiger partial charge in [0.15, 0.2) is 5.13 Å². The molecule has 3 aromatic heterocycles. The molecule has 0 saturated carbocycles. The maximum atomic E-state index is 12.7. The number of imidazole rings is 1. The lowest BCUT2D eigenvalue weighted by Gasteiger charge is -2.26. The number of nitrogens with one attached hydrogen (secondary N) is 1. The third-order valence-corrected chi connectivity index (χ3v) is 5.83. The minimum atomic E-state index is -0.214. The SMILES string of the molecule is O=C(Nc1nccs1)c1cccn2cc(-c3ccc(CN4CCOCC4)cc3)nc12. The highest BCUT2D eigenvalue weighted by Gasteiger charge is 2.15. The number of ether oxygens (including phenoxy) is 1. The van der Waals surface area contributed by atoms with E-state index in [4.69, 9.17) is 9.72 Å². The molecule has 7 nitrogen and oxygen atoms in total. The fraction of sp³-hybridized carbons (Fsp3) is 0.227. The molecular weight excluding hydrogens is 398 g/mol. The quantitative estimate of drug-likeness (QED) is 0.536. The predicted molar refractivity (Wildman–Crippen MR) is 117 cm³/mol. The number of pyridine rings is 1. The number of fused-ring (bicyclic) bond motifs is 1. The van der Waals surface area contributed by atoms with Crippen LogP contribution in [-0.4, -0.2) is 51.5 Å². The number of benzene rings is 1. The van der Waals surface area contributed by atoms with Crippen LogP contribution in [0.2, 0.25) is 0 Å². The Morgan fingerprint density at radius 1 is 1.17 bits per heavy atom. The molecular formula is C22H21N5O2S. The van der Waals surface area contributed by atoms with Gasteiger partial charge in [0.05, 0.1) is 24.5 Å². The molecule has 30 heavy (non-hydrogen) atoms. The first-order chi connectivity index (χ1) is 14.8. The second kappa shape index (κ2) is 8.35. The zero-order chi connectivity index (χ0) is 20.3. The summed E-state index contributed by atoms with van der Waals surface area (Å²) in [6, 6.07) is 12.1. The van der Waals surface area contributed by atoms with E-state index in [2.05, 4.69) is 39.5 Å². The Hall–Kier alpha value is -3.07. The number of thiazole rings is 1. The Balaban J connectivity index is 1.37. The molecule has 1 aliphatic heterocycles. The van der Waals surface area contributed by atoms with Crippen LogP contribution in [0.3, 0.4) is 0 Å². The molecule has 4 heterocycles. The van der Waals surface area contributed by atoms with Crippen molar-refractivity contribution in [3.05, 3.63) is 71.5 Å². The normalized spacial score (nSPS) is 14.8. The first-order valence-corrected chi connectivity index (χ1v) is 10.7. The van der Waals surface area contributed by atoms with Crippen molar-refractivity contribution in [1.29, 1.82) is 0 Å². The number of nitrogens with zero attached hydrogens (tertiary/aromatic N) is 4. The van der Waals surface area contributed by atoms with E-state index < -0.39 is 0 Å². The van der Waals surface area contributed by atoms with Crippen LogP contribution < -0.4 is 5.32 Å². The van der Waals surface area contributed by atoms with E-state index in [9.17, 15) is 4.79 Å². The van der Waals surface area contributed by atoms with Gasteiger partial charge < -0.3 is 9.14 Å². The van der Waals surface area contributed by atoms with Gasteiger partial charge in [0.2, 0.25) is 0 Å². The van der Waals surface area contributed by atoms with Gasteiger partial charge >= 0.3 is 0 Å². The molecule has 4 aromatic rings. The summed E-state index contributed by atoms with van der Waals surface area (Å²) in [6.07, 6.45) is 5.52. The molecule has 1 saturated heterocycles. The second-order valence-corrected chi connectivity index (χ2v) is 8.05. The molecule has 1 N–H and O–H groups in total. The van der Waals surface area contributed by atoms with Gasteiger partial charge in [0.25, 0.3) is 5.91 Å². The lowest BCUT2D eigenvalue weighted by molar-refractivity contribution is 0.0342. The van der Waals surface area contributed by atoms with E-state index in [-0.39, 0.29) is 5.91 Å². The topological polar surface area (TPSA) is 71.8 Å². The summed E-state index contributed by atoms with van der Waals surface area (Å²) in [6.45, 7) is 4.48. The summed E-state index contributed by atoms with van der Waals surface area (Å²) in [5.74, 6) is -0.214. The second-order valence-electron chi connectivity index (χ2n) is 7.16. The Labute approximate surface area is 178 Å². The summed E-state index contributed by atoms with van der Waals surface area (Å²) in [4.78, 5) is 23.9. The van der Waals surface area contributed by atoms with Gasteiger partial charge in [-0.15, -0.1) is 11.3 Å². The third kappa shape index (κ3) is 3.97. The van der Waals surface area contributed by atoms with Gasteiger partial charge in [0.1, 0.15) is 5.65 Å². The van der Waals surface area contributed by atoms with Gasteiger partial charge in [0, 0.05) is 49.2 Å². The number of amides is 1. The van der Waals surface area contributed by atoms with Crippen molar-refractivity contribution >= 4 is 28.0 Å². The average Bonchev–Trinajstić information content (AvgIpc) is 3.44. The van der Waals surface area contributed by atoms with Gasteiger partial charge in [-0.25, -0.2) is 9.97 Å². The summed E-state index contributed by atoms with van der Waals surface area (Å²) in [5, 5.41) is 5.23. The van der Waals surface area contributed by atoms with E-state index in [0.717, 1.165) is 44.1 Å². The fourth-order valence-corrected chi connectivity index (χ4v) is 4.10. The fourth-order valence-electron chi connectivity index (χ4n) is 3.58. The summed E-state index contributed by atoms with van der Waals surface area (Å²) >= 11 is 1.39. The third-order valence-electron chi connectivity index (χ3n) is 5.14. The number of hydrogen-bond acceptors (Lipinski definition) is 6. The zero-order valence-electron chi connectivity index (χ0n) is 16.3. The largest absolute Gasteiger partial charge is 0.379 e. The molecule has 8 heteroatoms. The summed E-state index contributed by atoms with van der Waals surface area (Å²) in [7, 11) is 0. The van der Waals surface area contributed by atoms with Crippen molar-refractivity contribution < 1.29 is 9.53 Å². The van der Waals surface area contributed by atoms with Crippen LogP contribution in [0, 0.1) is 0 Å². The molecule has 1 aliphatic rings. The van der Waals surface area contributed by atoms with Crippen molar-refractivity contribution in [3.63, 3.8) is 0 Å². The number of carbonyl (C=O) groups is 1. The minimum Gasteiger partial charge on any atom is -0.379 e. The molecule has 1 aromatic carbocycles. The first kappa shape index (κ1) is 18.9. The molecule has 0 spiro atoms. The summed E-state index contributed by atoms with van der Waals surface area (Å²) in [5.41, 5.74) is 4.27. The smallest absolute Gasteiger partial charge is 0.261 e. The number of carbonyl (C=O) groups excluding carboxylic acids is 1. The Bertz CT molecular complexity index is 1150. The molecule has 0 radical (unpaired) electrons. The van der Waals surface area contributed by atoms with Crippen molar-refractivity contribution in [1.82, 2.24) is 19.3 Å². The molecule has 0 aliphatic carbocycles. The van der Waals surface area contributed by atoms with E-state index >= 15 is 0 Å². The molecule has 1 fully saturated rings. The average molecular weight is 420 g/mol. The molecule has 0 unspecified atom stereocenters. The van der Waals surface area contributed by atoms with E-state index in [0.29, 0.717) is 16.3 Å². The van der Waals surface area contributed by atoms with Crippen LogP contribution in [0.15, 0.2) is 60.4 Å². The molecule has 5 rings (SSSR count). The van der Waals surface area contributed by atoms with Crippen LogP contribution in [0.25, 0.3) is 16.9 Å². The lowest BCUT2D eigenvalue weighted by atomic mass is 10.1. The van der Waals surface area contributed by atoms with Crippen molar-refractivity contribution in [2.24, 2.45) is 0 Å². The highest BCUT2D eigenvalue weighted by Crippen LogP contribution is 2.23. The van der Waals surface area contributed by atoms with E-state index in [1.54, 1.807) is 12.3 Å². The van der Waals surface area contributed by atoms with E-state index in [1.807, 2.05) is 28.2 Å². The van der Waals surface area contributed by atoms with Crippen LogP contribution in [0.1, 0.15) is 15.9 Å². The van der Waals surface area contributed by atoms with Crippen LogP contribution >= 0.6 is 11.3 Å². The van der Waals surface area contributed by atoms with Gasteiger partial charge in [-0.2, -0.15) is 0 Å². The molecule has 0 bridgehead atoms. The standard InChI is InChI=1S/C22H21N5O2S/c28-21(25-22-23-7-13-30-22)18-2-1-8-27-15-19(24-20(18)27)17-5-3-16(4-6-17)14-26-9-11-29-12-10-26/h1-8,13,15H,9-12,14H2,(H,23,25,28). The van der Waals surface area contributed by atoms with Gasteiger partial charge in [-0.05, 0) is 17.7 Å². The minimum absolute atomic E-state index is 0.214. The predicted octanol–water partition coefficient (Wildman–Crippen LogP) is 3.54. The monoisotopic (exact) mass is 419 g/mol. The first-order valence-electron chi connectivity index (χ1n) is 9.84. The maximum absolute atomic E-state index is 12.7. The van der Waals surface area contributed by atoms with Crippen LogP contribution in [0.4, 0.5) is 5.13 Å². The highest BCUT2D eigenvalue weighted by atomic mass is 32.1. The molecule has 152 valence electrons. The van der Waals surface area contributed by atoms with Gasteiger partial charge in [-0.3, -0.25) is 15.0 Å². The highest BCUT2D eigenvalue weighted by molar-refractivity contribution is 7.13. The molecule has 0 atom stereocenters. The van der Waals surface area contributed by atoms with Crippen LogP contribution in [0.5, 0.6) is 0 Å². The Morgan fingerprint density at radius 3 is 2.77 bits per heavy atom. The van der Waals surface area contributed by atoms with Crippen molar-refractivity contribution in [3.8, 4) is 11.3 Å². The number of anilines is 1. The zero-order valence-corrected chi connectivity index (χ0v) is 17.1. The van der Waals surface area contributed by atoms with Crippen molar-refractivity contribution in [2.75, 3.05) is 31.6 Å². The van der Waals surface area contributed by atoms with Crippen LogP contribution in [-0.2, 0) is 11.3 Å². The molecule has 1 amide bonds. The number of hydrogen-bond donors (Lipinski definition) is 1. The summed E-state index contributed by atoms with van der Waals surface area (Å²) < 4.78 is 7.30. The maximum Gasteiger partial charge on any atom is 0.261 e. The number of rotatable bonds is 5. The Kier molecular flexibility index (Phi) is 5.27.